The predicted molar refractivity (Wildman–Crippen MR) is 136 cm³/mol. The fourth-order valence-electron chi connectivity index (χ4n) is 5.78. The number of anilines is 2. The number of hydrogen-bond donors (Lipinski definition) is 1. The SMILES string of the molecule is O[C@H](CN1CC(Cc2cccc(N3CC[C@H](F)C3)c2)(c2cccc(OC(F)(F)F)c2)c2ccccc21)C(F)(F)F. The predicted octanol–water partition coefficient (Wildman–Crippen LogP) is 6.41. The molecule has 40 heavy (non-hydrogen) atoms. The van der Waals surface area contributed by atoms with Crippen molar-refractivity contribution in [2.45, 2.75) is 43.1 Å². The molecule has 11 heteroatoms. The zero-order valence-corrected chi connectivity index (χ0v) is 21.2. The van der Waals surface area contributed by atoms with Crippen LogP contribution in [0.3, 0.4) is 0 Å². The van der Waals surface area contributed by atoms with Crippen LogP contribution in [0, 0.1) is 0 Å². The maximum atomic E-state index is 13.9. The first-order valence-electron chi connectivity index (χ1n) is 12.8. The second-order valence-electron chi connectivity index (χ2n) is 10.3. The fraction of sp³-hybridized carbons (Fsp3) is 0.379. The number of nitrogens with zero attached hydrogens (tertiary/aromatic N) is 2. The highest BCUT2D eigenvalue weighted by Crippen LogP contribution is 2.48. The van der Waals surface area contributed by atoms with Crippen LogP contribution in [0.1, 0.15) is 23.1 Å². The number of benzene rings is 3. The average Bonchev–Trinajstić information content (AvgIpc) is 3.45. The number of rotatable bonds is 7. The van der Waals surface area contributed by atoms with Gasteiger partial charge in [-0.3, -0.25) is 0 Å². The Morgan fingerprint density at radius 2 is 1.70 bits per heavy atom. The molecule has 5 rings (SSSR count). The van der Waals surface area contributed by atoms with E-state index in [1.807, 2.05) is 23.1 Å². The summed E-state index contributed by atoms with van der Waals surface area (Å²) < 4.78 is 97.3. The van der Waals surface area contributed by atoms with Crippen LogP contribution in [0.2, 0.25) is 0 Å². The molecule has 1 fully saturated rings. The van der Waals surface area contributed by atoms with Gasteiger partial charge in [-0.15, -0.1) is 13.2 Å². The highest BCUT2D eigenvalue weighted by molar-refractivity contribution is 5.67. The number of para-hydroxylation sites is 1. The van der Waals surface area contributed by atoms with Crippen LogP contribution in [0.15, 0.2) is 72.8 Å². The van der Waals surface area contributed by atoms with Gasteiger partial charge in [-0.1, -0.05) is 42.5 Å². The van der Waals surface area contributed by atoms with Gasteiger partial charge in [0.1, 0.15) is 11.9 Å². The lowest BCUT2D eigenvalue weighted by Gasteiger charge is -2.33. The molecule has 0 amide bonds. The molecule has 3 aromatic carbocycles. The van der Waals surface area contributed by atoms with Gasteiger partial charge in [0.05, 0.1) is 6.54 Å². The third-order valence-electron chi connectivity index (χ3n) is 7.52. The van der Waals surface area contributed by atoms with E-state index in [2.05, 4.69) is 4.74 Å². The summed E-state index contributed by atoms with van der Waals surface area (Å²) in [6.45, 7) is 0.0120. The molecular formula is C29H27F7N2O2. The Morgan fingerprint density at radius 1 is 0.950 bits per heavy atom. The average molecular weight is 569 g/mol. The summed E-state index contributed by atoms with van der Waals surface area (Å²) in [5, 5.41) is 9.91. The number of fused-ring (bicyclic) bond motifs is 1. The molecule has 1 saturated heterocycles. The van der Waals surface area contributed by atoms with Gasteiger partial charge in [0.25, 0.3) is 0 Å². The topological polar surface area (TPSA) is 35.9 Å². The van der Waals surface area contributed by atoms with Crippen LogP contribution in [0.4, 0.5) is 42.1 Å². The minimum absolute atomic E-state index is 0.0323. The van der Waals surface area contributed by atoms with Crippen molar-refractivity contribution in [2.75, 3.05) is 36.0 Å². The van der Waals surface area contributed by atoms with E-state index >= 15 is 0 Å². The first-order valence-corrected chi connectivity index (χ1v) is 12.8. The van der Waals surface area contributed by atoms with Gasteiger partial charge in [-0.25, -0.2) is 4.39 Å². The molecule has 214 valence electrons. The van der Waals surface area contributed by atoms with E-state index in [4.69, 9.17) is 0 Å². The van der Waals surface area contributed by atoms with E-state index in [1.54, 1.807) is 36.4 Å². The largest absolute Gasteiger partial charge is 0.573 e. The Bertz CT molecular complexity index is 1350. The van der Waals surface area contributed by atoms with Crippen molar-refractivity contribution in [3.63, 3.8) is 0 Å². The first kappa shape index (κ1) is 28.1. The summed E-state index contributed by atoms with van der Waals surface area (Å²) in [6, 6.07) is 19.6. The van der Waals surface area contributed by atoms with Crippen LogP contribution in [-0.4, -0.2) is 56.1 Å². The van der Waals surface area contributed by atoms with Crippen LogP contribution in [0.25, 0.3) is 0 Å². The van der Waals surface area contributed by atoms with E-state index in [-0.39, 0.29) is 19.5 Å². The van der Waals surface area contributed by atoms with Crippen molar-refractivity contribution in [2.24, 2.45) is 0 Å². The number of β-amino-alcohol motifs (C(OH)–C–C–N with tert-alkyl or cyclic N) is 1. The molecule has 3 aromatic rings. The molecule has 0 bridgehead atoms. The number of aliphatic hydroxyl groups is 1. The Kier molecular flexibility index (Phi) is 7.37. The molecule has 1 N–H and O–H groups in total. The highest BCUT2D eigenvalue weighted by Gasteiger charge is 2.47. The van der Waals surface area contributed by atoms with Crippen molar-refractivity contribution in [3.05, 3.63) is 89.5 Å². The standard InChI is InChI=1S/C29H27F7N2O2/c30-21-11-12-37(16-21)22-7-3-5-19(13-22)15-27(20-6-4-8-23(14-20)40-29(34,35)36)18-38(17-26(39)28(31,32)33)25-10-2-1-9-24(25)27/h1-10,13-14,21,26,39H,11-12,15-18H2/t21-,26+,27?/m0/s1. The van der Waals surface area contributed by atoms with Crippen LogP contribution in [0.5, 0.6) is 5.75 Å². The smallest absolute Gasteiger partial charge is 0.406 e. The number of ether oxygens (including phenoxy) is 1. The van der Waals surface area contributed by atoms with Crippen LogP contribution >= 0.6 is 0 Å². The second kappa shape index (κ2) is 10.5. The van der Waals surface area contributed by atoms with E-state index in [9.17, 15) is 35.8 Å². The second-order valence-corrected chi connectivity index (χ2v) is 10.3. The lowest BCUT2D eigenvalue weighted by molar-refractivity contribution is -0.274. The first-order chi connectivity index (χ1) is 18.8. The Labute approximate surface area is 226 Å². The number of halogens is 7. The minimum atomic E-state index is -4.93. The van der Waals surface area contributed by atoms with Crippen LogP contribution in [-0.2, 0) is 11.8 Å². The zero-order chi connectivity index (χ0) is 28.7. The molecule has 0 radical (unpaired) electrons. The van der Waals surface area contributed by atoms with Gasteiger partial charge >= 0.3 is 12.5 Å². The summed E-state index contributed by atoms with van der Waals surface area (Å²) >= 11 is 0. The molecule has 2 heterocycles. The lowest BCUT2D eigenvalue weighted by Crippen LogP contribution is -2.44. The summed E-state index contributed by atoms with van der Waals surface area (Å²) in [5.41, 5.74) is 1.96. The summed E-state index contributed by atoms with van der Waals surface area (Å²) in [7, 11) is 0. The molecule has 2 aliphatic heterocycles. The molecule has 2 aliphatic rings. The van der Waals surface area contributed by atoms with Gasteiger partial charge in [-0.2, -0.15) is 13.2 Å². The summed E-state index contributed by atoms with van der Waals surface area (Å²) in [5.74, 6) is -0.449. The molecular weight excluding hydrogens is 541 g/mol. The summed E-state index contributed by atoms with van der Waals surface area (Å²) in [6.07, 6.45) is -12.7. The molecule has 4 nitrogen and oxygen atoms in total. The highest BCUT2D eigenvalue weighted by atomic mass is 19.4. The van der Waals surface area contributed by atoms with Crippen molar-refractivity contribution < 1.29 is 40.6 Å². The molecule has 0 spiro atoms. The third-order valence-corrected chi connectivity index (χ3v) is 7.52. The quantitative estimate of drug-likeness (QED) is 0.335. The van der Waals surface area contributed by atoms with Crippen molar-refractivity contribution in [3.8, 4) is 5.75 Å². The maximum Gasteiger partial charge on any atom is 0.573 e. The summed E-state index contributed by atoms with van der Waals surface area (Å²) in [4.78, 5) is 3.33. The van der Waals surface area contributed by atoms with E-state index < -0.39 is 42.5 Å². The molecule has 3 atom stereocenters. The van der Waals surface area contributed by atoms with Gasteiger partial charge in [0.2, 0.25) is 0 Å². The monoisotopic (exact) mass is 568 g/mol. The zero-order valence-electron chi connectivity index (χ0n) is 21.2. The van der Waals surface area contributed by atoms with E-state index in [0.717, 1.165) is 17.3 Å². The van der Waals surface area contributed by atoms with Crippen LogP contribution < -0.4 is 14.5 Å². The Morgan fingerprint density at radius 3 is 2.40 bits per heavy atom. The number of hydrogen-bond acceptors (Lipinski definition) is 4. The third kappa shape index (κ3) is 5.84. The number of aliphatic hydroxyl groups excluding tert-OH is 1. The lowest BCUT2D eigenvalue weighted by atomic mass is 9.71. The molecule has 0 aromatic heterocycles. The Balaban J connectivity index is 1.59. The van der Waals surface area contributed by atoms with Crippen molar-refractivity contribution in [1.29, 1.82) is 0 Å². The number of alkyl halides is 7. The van der Waals surface area contributed by atoms with E-state index in [1.165, 1.54) is 17.0 Å². The molecule has 1 unspecified atom stereocenters. The molecule has 0 aliphatic carbocycles. The van der Waals surface area contributed by atoms with Crippen molar-refractivity contribution >= 4 is 11.4 Å². The van der Waals surface area contributed by atoms with Gasteiger partial charge in [-0.05, 0) is 59.9 Å². The van der Waals surface area contributed by atoms with Crippen molar-refractivity contribution in [1.82, 2.24) is 0 Å². The maximum absolute atomic E-state index is 13.9. The van der Waals surface area contributed by atoms with Gasteiger partial charge < -0.3 is 19.6 Å². The normalized spacial score (nSPS) is 21.9. The van der Waals surface area contributed by atoms with Gasteiger partial charge in [0, 0.05) is 36.4 Å². The minimum Gasteiger partial charge on any atom is -0.406 e. The molecule has 0 saturated carbocycles. The Hall–Kier alpha value is -3.47. The van der Waals surface area contributed by atoms with Gasteiger partial charge in [0.15, 0.2) is 6.10 Å². The van der Waals surface area contributed by atoms with E-state index in [0.29, 0.717) is 29.8 Å². The fourth-order valence-corrected chi connectivity index (χ4v) is 5.78.